The third-order valence-electron chi connectivity index (χ3n) is 4.23. The van der Waals surface area contributed by atoms with Gasteiger partial charge in [0.25, 0.3) is 5.91 Å². The standard InChI is InChI=1S/C24H25NO5/c1-18(30-23-11-7-6-10-22(23)27-2)24(26)25-19-12-14-21(15-13-19)29-17-16-28-20-8-4-3-5-9-20/h3-15,18H,16-17H2,1-2H3,(H,25,26). The van der Waals surface area contributed by atoms with Gasteiger partial charge in [0.2, 0.25) is 0 Å². The zero-order chi connectivity index (χ0) is 21.2. The number of anilines is 1. The summed E-state index contributed by atoms with van der Waals surface area (Å²) in [7, 11) is 1.56. The molecule has 6 heteroatoms. The minimum atomic E-state index is -0.688. The fourth-order valence-corrected chi connectivity index (χ4v) is 2.67. The first kappa shape index (κ1) is 21.0. The zero-order valence-corrected chi connectivity index (χ0v) is 17.0. The average Bonchev–Trinajstić information content (AvgIpc) is 2.79. The molecule has 1 amide bonds. The largest absolute Gasteiger partial charge is 0.493 e. The number of amides is 1. The fourth-order valence-electron chi connectivity index (χ4n) is 2.67. The summed E-state index contributed by atoms with van der Waals surface area (Å²) in [6.07, 6.45) is -0.688. The van der Waals surface area contributed by atoms with E-state index in [2.05, 4.69) is 5.32 Å². The van der Waals surface area contributed by atoms with Crippen LogP contribution < -0.4 is 24.3 Å². The Morgan fingerprint density at radius 3 is 2.00 bits per heavy atom. The van der Waals surface area contributed by atoms with Gasteiger partial charge in [0.1, 0.15) is 24.7 Å². The van der Waals surface area contributed by atoms with Crippen LogP contribution in [0.1, 0.15) is 6.92 Å². The molecule has 3 rings (SSSR count). The van der Waals surface area contributed by atoms with Gasteiger partial charge in [-0.05, 0) is 55.5 Å². The number of methoxy groups -OCH3 is 1. The molecule has 0 heterocycles. The molecule has 0 bridgehead atoms. The van der Waals surface area contributed by atoms with Gasteiger partial charge in [0.05, 0.1) is 7.11 Å². The van der Waals surface area contributed by atoms with Gasteiger partial charge >= 0.3 is 0 Å². The van der Waals surface area contributed by atoms with Crippen LogP contribution in [0.3, 0.4) is 0 Å². The van der Waals surface area contributed by atoms with Crippen molar-refractivity contribution in [2.75, 3.05) is 25.6 Å². The van der Waals surface area contributed by atoms with Crippen molar-refractivity contribution < 1.29 is 23.7 Å². The van der Waals surface area contributed by atoms with E-state index in [0.29, 0.717) is 36.1 Å². The molecular weight excluding hydrogens is 382 g/mol. The van der Waals surface area contributed by atoms with Gasteiger partial charge < -0.3 is 24.3 Å². The smallest absolute Gasteiger partial charge is 0.265 e. The quantitative estimate of drug-likeness (QED) is 0.499. The van der Waals surface area contributed by atoms with E-state index in [1.807, 2.05) is 42.5 Å². The van der Waals surface area contributed by atoms with Crippen LogP contribution in [0.15, 0.2) is 78.9 Å². The van der Waals surface area contributed by atoms with Gasteiger partial charge in [0.15, 0.2) is 17.6 Å². The summed E-state index contributed by atoms with van der Waals surface area (Å²) in [6.45, 7) is 2.55. The molecule has 0 radical (unpaired) electrons. The van der Waals surface area contributed by atoms with E-state index in [0.717, 1.165) is 5.75 Å². The van der Waals surface area contributed by atoms with E-state index in [9.17, 15) is 4.79 Å². The lowest BCUT2D eigenvalue weighted by molar-refractivity contribution is -0.122. The molecule has 6 nitrogen and oxygen atoms in total. The van der Waals surface area contributed by atoms with E-state index >= 15 is 0 Å². The van der Waals surface area contributed by atoms with Crippen molar-refractivity contribution in [1.82, 2.24) is 0 Å². The summed E-state index contributed by atoms with van der Waals surface area (Å²) in [4.78, 5) is 12.4. The third kappa shape index (κ3) is 6.17. The molecule has 0 saturated carbocycles. The summed E-state index contributed by atoms with van der Waals surface area (Å²) in [5, 5.41) is 2.83. The normalized spacial score (nSPS) is 11.3. The maximum Gasteiger partial charge on any atom is 0.265 e. The number of rotatable bonds is 10. The maximum atomic E-state index is 12.4. The predicted molar refractivity (Wildman–Crippen MR) is 116 cm³/mol. The van der Waals surface area contributed by atoms with Crippen LogP contribution in [0.25, 0.3) is 0 Å². The Labute approximate surface area is 176 Å². The monoisotopic (exact) mass is 407 g/mol. The molecule has 30 heavy (non-hydrogen) atoms. The SMILES string of the molecule is COc1ccccc1OC(C)C(=O)Nc1ccc(OCCOc2ccccc2)cc1. The summed E-state index contributed by atoms with van der Waals surface area (Å²) < 4.78 is 22.2. The Hall–Kier alpha value is -3.67. The topological polar surface area (TPSA) is 66.0 Å². The molecule has 1 atom stereocenters. The van der Waals surface area contributed by atoms with Gasteiger partial charge in [-0.2, -0.15) is 0 Å². The van der Waals surface area contributed by atoms with Gasteiger partial charge in [-0.1, -0.05) is 30.3 Å². The lowest BCUT2D eigenvalue weighted by Crippen LogP contribution is -2.30. The first-order chi connectivity index (χ1) is 14.7. The molecule has 156 valence electrons. The molecule has 0 aliphatic carbocycles. The lowest BCUT2D eigenvalue weighted by atomic mass is 10.2. The van der Waals surface area contributed by atoms with Crippen LogP contribution in [-0.2, 0) is 4.79 Å². The number of hydrogen-bond acceptors (Lipinski definition) is 5. The minimum absolute atomic E-state index is 0.258. The van der Waals surface area contributed by atoms with Crippen molar-refractivity contribution in [3.8, 4) is 23.0 Å². The molecule has 1 unspecified atom stereocenters. The van der Waals surface area contributed by atoms with Gasteiger partial charge in [-0.15, -0.1) is 0 Å². The summed E-state index contributed by atoms with van der Waals surface area (Å²) in [5.74, 6) is 2.34. The molecule has 0 aromatic heterocycles. The zero-order valence-electron chi connectivity index (χ0n) is 17.0. The number of nitrogens with one attached hydrogen (secondary N) is 1. The van der Waals surface area contributed by atoms with Gasteiger partial charge in [0, 0.05) is 5.69 Å². The third-order valence-corrected chi connectivity index (χ3v) is 4.23. The second-order valence-electron chi connectivity index (χ2n) is 6.43. The fraction of sp³-hybridized carbons (Fsp3) is 0.208. The average molecular weight is 407 g/mol. The number of hydrogen-bond donors (Lipinski definition) is 1. The molecule has 0 saturated heterocycles. The number of carbonyl (C=O) groups is 1. The molecule has 0 spiro atoms. The molecule has 1 N–H and O–H groups in total. The predicted octanol–water partition coefficient (Wildman–Crippen LogP) is 4.56. The Morgan fingerprint density at radius 1 is 0.800 bits per heavy atom. The second-order valence-corrected chi connectivity index (χ2v) is 6.43. The van der Waals surface area contributed by atoms with Crippen LogP contribution in [-0.4, -0.2) is 32.3 Å². The van der Waals surface area contributed by atoms with Crippen molar-refractivity contribution in [1.29, 1.82) is 0 Å². The van der Waals surface area contributed by atoms with Crippen molar-refractivity contribution in [3.05, 3.63) is 78.9 Å². The Balaban J connectivity index is 1.44. The van der Waals surface area contributed by atoms with Crippen LogP contribution in [0.4, 0.5) is 5.69 Å². The highest BCUT2D eigenvalue weighted by Crippen LogP contribution is 2.27. The number of benzene rings is 3. The summed E-state index contributed by atoms with van der Waals surface area (Å²) in [6, 6.07) is 23.9. The molecule has 0 fully saturated rings. The molecule has 3 aromatic carbocycles. The molecule has 0 aliphatic rings. The van der Waals surface area contributed by atoms with E-state index in [1.165, 1.54) is 0 Å². The van der Waals surface area contributed by atoms with Crippen LogP contribution >= 0.6 is 0 Å². The van der Waals surface area contributed by atoms with E-state index in [-0.39, 0.29) is 5.91 Å². The first-order valence-corrected chi connectivity index (χ1v) is 9.67. The van der Waals surface area contributed by atoms with E-state index in [4.69, 9.17) is 18.9 Å². The first-order valence-electron chi connectivity index (χ1n) is 9.67. The highest BCUT2D eigenvalue weighted by Gasteiger charge is 2.16. The lowest BCUT2D eigenvalue weighted by Gasteiger charge is -2.16. The number of ether oxygens (including phenoxy) is 4. The van der Waals surface area contributed by atoms with Crippen molar-refractivity contribution in [2.45, 2.75) is 13.0 Å². The minimum Gasteiger partial charge on any atom is -0.493 e. The number of para-hydroxylation sites is 3. The van der Waals surface area contributed by atoms with Crippen molar-refractivity contribution in [3.63, 3.8) is 0 Å². The van der Waals surface area contributed by atoms with E-state index in [1.54, 1.807) is 50.4 Å². The second kappa shape index (κ2) is 10.8. The highest BCUT2D eigenvalue weighted by molar-refractivity contribution is 5.94. The molecular formula is C24H25NO5. The number of carbonyl (C=O) groups excluding carboxylic acids is 1. The Kier molecular flexibility index (Phi) is 7.55. The Morgan fingerprint density at radius 2 is 1.37 bits per heavy atom. The Bertz CT molecular complexity index is 928. The summed E-state index contributed by atoms with van der Waals surface area (Å²) in [5.41, 5.74) is 0.656. The maximum absolute atomic E-state index is 12.4. The summed E-state index contributed by atoms with van der Waals surface area (Å²) >= 11 is 0. The van der Waals surface area contributed by atoms with Gasteiger partial charge in [-0.25, -0.2) is 0 Å². The van der Waals surface area contributed by atoms with Crippen LogP contribution in [0, 0.1) is 0 Å². The molecule has 0 aliphatic heterocycles. The van der Waals surface area contributed by atoms with E-state index < -0.39 is 6.10 Å². The van der Waals surface area contributed by atoms with Gasteiger partial charge in [-0.3, -0.25) is 4.79 Å². The molecule has 3 aromatic rings. The van der Waals surface area contributed by atoms with Crippen LogP contribution in [0.5, 0.6) is 23.0 Å². The van der Waals surface area contributed by atoms with Crippen molar-refractivity contribution in [2.24, 2.45) is 0 Å². The highest BCUT2D eigenvalue weighted by atomic mass is 16.5. The van der Waals surface area contributed by atoms with Crippen LogP contribution in [0.2, 0.25) is 0 Å². The van der Waals surface area contributed by atoms with Crippen molar-refractivity contribution >= 4 is 11.6 Å².